The molecule has 0 aromatic heterocycles. The number of ether oxygens (including phenoxy) is 1. The molecule has 128 valence electrons. The van der Waals surface area contributed by atoms with Crippen LogP contribution in [0.3, 0.4) is 0 Å². The molecule has 0 spiro atoms. The number of rotatable bonds is 7. The summed E-state index contributed by atoms with van der Waals surface area (Å²) >= 11 is 0. The maximum Gasteiger partial charge on any atom is 0.225 e. The van der Waals surface area contributed by atoms with Gasteiger partial charge in [0.05, 0.1) is 7.11 Å². The van der Waals surface area contributed by atoms with E-state index in [2.05, 4.69) is 0 Å². The second-order valence-electron chi connectivity index (χ2n) is 6.05. The van der Waals surface area contributed by atoms with Gasteiger partial charge in [-0.1, -0.05) is 37.3 Å². The lowest BCUT2D eigenvalue weighted by molar-refractivity contribution is -0.133. The van der Waals surface area contributed by atoms with Crippen molar-refractivity contribution >= 4 is 5.91 Å². The van der Waals surface area contributed by atoms with Crippen LogP contribution in [0.25, 0.3) is 0 Å². The summed E-state index contributed by atoms with van der Waals surface area (Å²) in [6.07, 6.45) is 1.35. The number of para-hydroxylation sites is 1. The average molecular weight is 329 g/mol. The molecule has 0 heterocycles. The molecule has 0 aliphatic rings. The highest BCUT2D eigenvalue weighted by Gasteiger charge is 2.18. The predicted molar refractivity (Wildman–Crippen MR) is 93.6 cm³/mol. The zero-order valence-corrected chi connectivity index (χ0v) is 14.5. The summed E-state index contributed by atoms with van der Waals surface area (Å²) in [5.41, 5.74) is 2.06. The predicted octanol–water partition coefficient (Wildman–Crippen LogP) is 3.71. The first-order valence-electron chi connectivity index (χ1n) is 8.12. The lowest BCUT2D eigenvalue weighted by atomic mass is 9.99. The molecule has 0 saturated heterocycles. The van der Waals surface area contributed by atoms with Crippen molar-refractivity contribution in [1.29, 1.82) is 0 Å². The quantitative estimate of drug-likeness (QED) is 0.775. The minimum Gasteiger partial charge on any atom is -0.496 e. The summed E-state index contributed by atoms with van der Waals surface area (Å²) in [5.74, 6) is 0.539. The molecule has 0 N–H and O–H groups in total. The lowest BCUT2D eigenvalue weighted by Gasteiger charge is -2.22. The SMILES string of the molecule is COc1ccccc1CCN(C)C(=O)C(C)Cc1ccc(F)cc1. The Bertz CT molecular complexity index is 670. The molecule has 0 aliphatic carbocycles. The first kappa shape index (κ1) is 18.0. The van der Waals surface area contributed by atoms with Crippen LogP contribution in [0.5, 0.6) is 5.75 Å². The molecule has 0 radical (unpaired) electrons. The third-order valence-electron chi connectivity index (χ3n) is 4.16. The molecule has 0 saturated carbocycles. The maximum absolute atomic E-state index is 12.9. The Labute approximate surface area is 143 Å². The van der Waals surface area contributed by atoms with Crippen molar-refractivity contribution in [3.63, 3.8) is 0 Å². The standard InChI is InChI=1S/C20H24FNO2/c1-15(14-16-8-10-18(21)11-9-16)20(23)22(2)13-12-17-6-4-5-7-19(17)24-3/h4-11,15H,12-14H2,1-3H3. The van der Waals surface area contributed by atoms with Gasteiger partial charge in [-0.2, -0.15) is 0 Å². The van der Waals surface area contributed by atoms with E-state index in [4.69, 9.17) is 4.74 Å². The van der Waals surface area contributed by atoms with E-state index in [1.807, 2.05) is 38.2 Å². The molecule has 3 nitrogen and oxygen atoms in total. The number of halogens is 1. The number of amides is 1. The van der Waals surface area contributed by atoms with Crippen LogP contribution in [0.4, 0.5) is 4.39 Å². The molecule has 0 bridgehead atoms. The van der Waals surface area contributed by atoms with Gasteiger partial charge in [0.15, 0.2) is 0 Å². The first-order valence-corrected chi connectivity index (χ1v) is 8.12. The van der Waals surface area contributed by atoms with E-state index < -0.39 is 0 Å². The molecule has 1 amide bonds. The monoisotopic (exact) mass is 329 g/mol. The number of hydrogen-bond acceptors (Lipinski definition) is 2. The van der Waals surface area contributed by atoms with E-state index in [1.54, 1.807) is 24.1 Å². The number of methoxy groups -OCH3 is 1. The first-order chi connectivity index (χ1) is 11.5. The number of benzene rings is 2. The van der Waals surface area contributed by atoms with Crippen LogP contribution >= 0.6 is 0 Å². The Morgan fingerprint density at radius 2 is 1.83 bits per heavy atom. The van der Waals surface area contributed by atoms with Crippen LogP contribution in [0, 0.1) is 11.7 Å². The van der Waals surface area contributed by atoms with Gasteiger partial charge in [-0.3, -0.25) is 4.79 Å². The van der Waals surface area contributed by atoms with Crippen molar-refractivity contribution in [3.8, 4) is 5.75 Å². The Kier molecular flexibility index (Phi) is 6.36. The third-order valence-corrected chi connectivity index (χ3v) is 4.16. The second kappa shape index (κ2) is 8.48. The highest BCUT2D eigenvalue weighted by molar-refractivity contribution is 5.78. The minimum absolute atomic E-state index is 0.0919. The smallest absolute Gasteiger partial charge is 0.225 e. The van der Waals surface area contributed by atoms with Gasteiger partial charge in [0.25, 0.3) is 0 Å². The highest BCUT2D eigenvalue weighted by atomic mass is 19.1. The molecule has 4 heteroatoms. The van der Waals surface area contributed by atoms with E-state index in [0.717, 1.165) is 23.3 Å². The van der Waals surface area contributed by atoms with E-state index in [9.17, 15) is 9.18 Å². The summed E-state index contributed by atoms with van der Waals surface area (Å²) < 4.78 is 18.3. The second-order valence-corrected chi connectivity index (χ2v) is 6.05. The normalized spacial score (nSPS) is 11.8. The van der Waals surface area contributed by atoms with Gasteiger partial charge < -0.3 is 9.64 Å². The van der Waals surface area contributed by atoms with E-state index in [-0.39, 0.29) is 17.6 Å². The van der Waals surface area contributed by atoms with Crippen LogP contribution in [0.1, 0.15) is 18.1 Å². The van der Waals surface area contributed by atoms with Crippen molar-refractivity contribution in [2.24, 2.45) is 5.92 Å². The summed E-state index contributed by atoms with van der Waals surface area (Å²) in [6, 6.07) is 14.2. The Hall–Kier alpha value is -2.36. The van der Waals surface area contributed by atoms with Crippen LogP contribution in [-0.2, 0) is 17.6 Å². The molecule has 1 atom stereocenters. The fourth-order valence-electron chi connectivity index (χ4n) is 2.75. The van der Waals surface area contributed by atoms with Crippen molar-refractivity contribution < 1.29 is 13.9 Å². The summed E-state index contributed by atoms with van der Waals surface area (Å²) in [4.78, 5) is 14.3. The van der Waals surface area contributed by atoms with E-state index in [0.29, 0.717) is 13.0 Å². The molecule has 2 aromatic rings. The lowest BCUT2D eigenvalue weighted by Crippen LogP contribution is -2.34. The molecule has 2 aromatic carbocycles. The topological polar surface area (TPSA) is 29.5 Å². The molecule has 2 rings (SSSR count). The number of hydrogen-bond donors (Lipinski definition) is 0. The zero-order chi connectivity index (χ0) is 17.5. The van der Waals surface area contributed by atoms with Gasteiger partial charge in [-0.15, -0.1) is 0 Å². The summed E-state index contributed by atoms with van der Waals surface area (Å²) in [6.45, 7) is 2.54. The van der Waals surface area contributed by atoms with Crippen LogP contribution in [0.2, 0.25) is 0 Å². The molecular formula is C20H24FNO2. The van der Waals surface area contributed by atoms with Crippen molar-refractivity contribution in [1.82, 2.24) is 4.90 Å². The van der Waals surface area contributed by atoms with Crippen LogP contribution < -0.4 is 4.74 Å². The van der Waals surface area contributed by atoms with Gasteiger partial charge in [-0.25, -0.2) is 4.39 Å². The fourth-order valence-corrected chi connectivity index (χ4v) is 2.75. The maximum atomic E-state index is 12.9. The molecule has 0 aliphatic heterocycles. The minimum atomic E-state index is -0.258. The van der Waals surface area contributed by atoms with Gasteiger partial charge >= 0.3 is 0 Å². The van der Waals surface area contributed by atoms with Crippen molar-refractivity contribution in [2.75, 3.05) is 20.7 Å². The molecule has 24 heavy (non-hydrogen) atoms. The molecule has 1 unspecified atom stereocenters. The van der Waals surface area contributed by atoms with Crippen molar-refractivity contribution in [2.45, 2.75) is 19.8 Å². The molecule has 0 fully saturated rings. The number of nitrogens with zero attached hydrogens (tertiary/aromatic N) is 1. The van der Waals surface area contributed by atoms with Crippen LogP contribution in [-0.4, -0.2) is 31.5 Å². The summed E-state index contributed by atoms with van der Waals surface area (Å²) in [7, 11) is 3.47. The van der Waals surface area contributed by atoms with Gasteiger partial charge in [-0.05, 0) is 42.2 Å². The number of carbonyl (C=O) groups is 1. The molecular weight excluding hydrogens is 305 g/mol. The van der Waals surface area contributed by atoms with E-state index >= 15 is 0 Å². The van der Waals surface area contributed by atoms with E-state index in [1.165, 1.54) is 12.1 Å². The summed E-state index contributed by atoms with van der Waals surface area (Å²) in [5, 5.41) is 0. The van der Waals surface area contributed by atoms with Gasteiger partial charge in [0.2, 0.25) is 5.91 Å². The fraction of sp³-hybridized carbons (Fsp3) is 0.350. The number of likely N-dealkylation sites (N-methyl/N-ethyl adjacent to an activating group) is 1. The largest absolute Gasteiger partial charge is 0.496 e. The Morgan fingerprint density at radius 1 is 1.17 bits per heavy atom. The van der Waals surface area contributed by atoms with Crippen LogP contribution in [0.15, 0.2) is 48.5 Å². The zero-order valence-electron chi connectivity index (χ0n) is 14.5. The van der Waals surface area contributed by atoms with Gasteiger partial charge in [0.1, 0.15) is 11.6 Å². The third kappa shape index (κ3) is 4.82. The van der Waals surface area contributed by atoms with Gasteiger partial charge in [0, 0.05) is 19.5 Å². The van der Waals surface area contributed by atoms with Crippen molar-refractivity contribution in [3.05, 3.63) is 65.5 Å². The Morgan fingerprint density at radius 3 is 2.50 bits per heavy atom. The average Bonchev–Trinajstić information content (AvgIpc) is 2.61. The number of carbonyl (C=O) groups excluding carboxylic acids is 1. The Balaban J connectivity index is 1.90. The highest BCUT2D eigenvalue weighted by Crippen LogP contribution is 2.18.